The van der Waals surface area contributed by atoms with Crippen LogP contribution in [0.15, 0.2) is 0 Å². The molecule has 126 valence electrons. The van der Waals surface area contributed by atoms with E-state index >= 15 is 0 Å². The van der Waals surface area contributed by atoms with E-state index in [2.05, 4.69) is 24.1 Å². The predicted octanol–water partition coefficient (Wildman–Crippen LogP) is 3.01. The van der Waals surface area contributed by atoms with Gasteiger partial charge in [-0.15, -0.1) is 0 Å². The summed E-state index contributed by atoms with van der Waals surface area (Å²) in [4.78, 5) is 14.4. The van der Waals surface area contributed by atoms with Crippen LogP contribution in [0.1, 0.15) is 66.7 Å². The number of aliphatic hydroxyl groups excluding tert-OH is 1. The summed E-state index contributed by atoms with van der Waals surface area (Å²) in [7, 11) is 0. The molecule has 0 fully saturated rings. The number of amides is 1. The number of hydrogen-bond donors (Lipinski definition) is 2. The third kappa shape index (κ3) is 7.82. The molecule has 2 N–H and O–H groups in total. The van der Waals surface area contributed by atoms with Crippen molar-refractivity contribution in [3.8, 4) is 0 Å². The van der Waals surface area contributed by atoms with Crippen LogP contribution in [0.25, 0.3) is 0 Å². The van der Waals surface area contributed by atoms with E-state index < -0.39 is 6.23 Å². The van der Waals surface area contributed by atoms with E-state index in [9.17, 15) is 9.90 Å². The minimum atomic E-state index is -0.681. The van der Waals surface area contributed by atoms with E-state index in [4.69, 9.17) is 0 Å². The van der Waals surface area contributed by atoms with Gasteiger partial charge in [0.1, 0.15) is 6.23 Å². The molecule has 1 amide bonds. The first-order chi connectivity index (χ1) is 9.99. The molecule has 0 aromatic heterocycles. The Morgan fingerprint density at radius 2 is 1.57 bits per heavy atom. The molecular formula is C17H36N2O2. The lowest BCUT2D eigenvalue weighted by Crippen LogP contribution is -2.49. The van der Waals surface area contributed by atoms with Gasteiger partial charge in [0.15, 0.2) is 0 Å². The topological polar surface area (TPSA) is 52.6 Å². The second-order valence-corrected chi connectivity index (χ2v) is 6.22. The lowest BCUT2D eigenvalue weighted by molar-refractivity contribution is -0.138. The van der Waals surface area contributed by atoms with E-state index in [0.717, 1.165) is 45.2 Å². The van der Waals surface area contributed by atoms with Gasteiger partial charge in [-0.3, -0.25) is 9.69 Å². The van der Waals surface area contributed by atoms with Gasteiger partial charge in [0, 0.05) is 19.6 Å². The zero-order valence-electron chi connectivity index (χ0n) is 14.7. The number of nitrogens with zero attached hydrogens (tertiary/aromatic N) is 1. The molecule has 0 heterocycles. The number of carbonyl (C=O) groups is 1. The lowest BCUT2D eigenvalue weighted by atomic mass is 9.92. The second kappa shape index (κ2) is 12.0. The van der Waals surface area contributed by atoms with Gasteiger partial charge < -0.3 is 10.4 Å². The third-order valence-corrected chi connectivity index (χ3v) is 3.86. The number of unbranched alkanes of at least 4 members (excludes halogenated alkanes) is 2. The number of aliphatic hydroxyl groups is 1. The van der Waals surface area contributed by atoms with Crippen molar-refractivity contribution in [3.05, 3.63) is 0 Å². The summed E-state index contributed by atoms with van der Waals surface area (Å²) >= 11 is 0. The van der Waals surface area contributed by atoms with E-state index in [0.29, 0.717) is 6.54 Å². The van der Waals surface area contributed by atoms with Gasteiger partial charge in [-0.05, 0) is 25.2 Å². The maximum absolute atomic E-state index is 12.3. The fraction of sp³-hybridized carbons (Fsp3) is 0.941. The highest BCUT2D eigenvalue weighted by molar-refractivity contribution is 5.79. The van der Waals surface area contributed by atoms with Crippen molar-refractivity contribution in [2.75, 3.05) is 19.6 Å². The number of carbonyl (C=O) groups excluding carboxylic acids is 1. The lowest BCUT2D eigenvalue weighted by Gasteiger charge is -2.34. The highest BCUT2D eigenvalue weighted by Crippen LogP contribution is 2.20. The van der Waals surface area contributed by atoms with Crippen LogP contribution in [0.2, 0.25) is 0 Å². The molecule has 4 heteroatoms. The molecule has 2 atom stereocenters. The van der Waals surface area contributed by atoms with Crippen molar-refractivity contribution in [1.82, 2.24) is 10.2 Å². The number of rotatable bonds is 12. The van der Waals surface area contributed by atoms with Crippen LogP contribution in [-0.4, -0.2) is 41.8 Å². The van der Waals surface area contributed by atoms with Crippen LogP contribution >= 0.6 is 0 Å². The first-order valence-electron chi connectivity index (χ1n) is 8.69. The minimum absolute atomic E-state index is 0.0163. The maximum atomic E-state index is 12.3. The monoisotopic (exact) mass is 300 g/mol. The van der Waals surface area contributed by atoms with E-state index in [1.54, 1.807) is 0 Å². The summed E-state index contributed by atoms with van der Waals surface area (Å²) in [6.07, 6.45) is 4.56. The smallest absolute Gasteiger partial charge is 0.227 e. The van der Waals surface area contributed by atoms with E-state index in [-0.39, 0.29) is 17.7 Å². The molecule has 4 nitrogen and oxygen atoms in total. The van der Waals surface area contributed by atoms with Crippen molar-refractivity contribution in [3.63, 3.8) is 0 Å². The highest BCUT2D eigenvalue weighted by Gasteiger charge is 2.33. The van der Waals surface area contributed by atoms with Gasteiger partial charge in [-0.25, -0.2) is 0 Å². The summed E-state index contributed by atoms with van der Waals surface area (Å²) in [5, 5.41) is 13.7. The number of nitrogens with one attached hydrogen (secondary N) is 1. The Bertz CT molecular complexity index is 262. The molecule has 0 bridgehead atoms. The molecule has 0 aliphatic carbocycles. The zero-order chi connectivity index (χ0) is 16.3. The quantitative estimate of drug-likeness (QED) is 0.545. The molecule has 0 saturated carbocycles. The SMILES string of the molecule is CCCCN(CCCC)C(O)C(C(=O)NCCC)C(C)C. The van der Waals surface area contributed by atoms with Gasteiger partial charge in [0.25, 0.3) is 0 Å². The molecule has 0 aliphatic heterocycles. The summed E-state index contributed by atoms with van der Waals surface area (Å²) in [5.41, 5.74) is 0. The molecule has 21 heavy (non-hydrogen) atoms. The largest absolute Gasteiger partial charge is 0.378 e. The average molecular weight is 300 g/mol. The predicted molar refractivity (Wildman–Crippen MR) is 89.0 cm³/mol. The standard InChI is InChI=1S/C17H36N2O2/c1-6-9-12-19(13-10-7-2)17(21)15(14(4)5)16(20)18-11-8-3/h14-15,17,21H,6-13H2,1-5H3,(H,18,20). The Morgan fingerprint density at radius 1 is 1.05 bits per heavy atom. The van der Waals surface area contributed by atoms with Gasteiger partial charge in [-0.2, -0.15) is 0 Å². The molecule has 0 spiro atoms. The van der Waals surface area contributed by atoms with E-state index in [1.165, 1.54) is 0 Å². The summed E-state index contributed by atoms with van der Waals surface area (Å²) in [6.45, 7) is 12.8. The molecular weight excluding hydrogens is 264 g/mol. The molecule has 0 rings (SSSR count). The first kappa shape index (κ1) is 20.4. The molecule has 0 aromatic carbocycles. The summed E-state index contributed by atoms with van der Waals surface area (Å²) in [5.74, 6) is -0.245. The van der Waals surface area contributed by atoms with Gasteiger partial charge in [0.05, 0.1) is 5.92 Å². The van der Waals surface area contributed by atoms with Crippen LogP contribution in [0.3, 0.4) is 0 Å². The first-order valence-corrected chi connectivity index (χ1v) is 8.69. The Hall–Kier alpha value is -0.610. The average Bonchev–Trinajstić information content (AvgIpc) is 2.44. The van der Waals surface area contributed by atoms with Crippen LogP contribution in [0.5, 0.6) is 0 Å². The van der Waals surface area contributed by atoms with Crippen molar-refractivity contribution in [2.24, 2.45) is 11.8 Å². The third-order valence-electron chi connectivity index (χ3n) is 3.86. The Labute approximate surface area is 131 Å². The van der Waals surface area contributed by atoms with Crippen LogP contribution < -0.4 is 5.32 Å². The van der Waals surface area contributed by atoms with Gasteiger partial charge in [0.2, 0.25) is 5.91 Å². The van der Waals surface area contributed by atoms with Crippen LogP contribution in [0.4, 0.5) is 0 Å². The number of hydrogen-bond acceptors (Lipinski definition) is 3. The minimum Gasteiger partial charge on any atom is -0.378 e. The molecule has 2 unspecified atom stereocenters. The van der Waals surface area contributed by atoms with Crippen LogP contribution in [0, 0.1) is 11.8 Å². The Kier molecular flexibility index (Phi) is 11.6. The molecule has 0 aliphatic rings. The molecule has 0 saturated heterocycles. The van der Waals surface area contributed by atoms with Crippen molar-refractivity contribution < 1.29 is 9.90 Å². The fourth-order valence-corrected chi connectivity index (χ4v) is 2.47. The summed E-state index contributed by atoms with van der Waals surface area (Å²) in [6, 6.07) is 0. The van der Waals surface area contributed by atoms with Crippen molar-refractivity contribution in [1.29, 1.82) is 0 Å². The normalized spacial score (nSPS) is 14.5. The van der Waals surface area contributed by atoms with Gasteiger partial charge >= 0.3 is 0 Å². The van der Waals surface area contributed by atoms with Crippen molar-refractivity contribution >= 4 is 5.91 Å². The van der Waals surface area contributed by atoms with E-state index in [1.807, 2.05) is 20.8 Å². The Morgan fingerprint density at radius 3 is 1.95 bits per heavy atom. The fourth-order valence-electron chi connectivity index (χ4n) is 2.47. The molecule has 0 radical (unpaired) electrons. The highest BCUT2D eigenvalue weighted by atomic mass is 16.3. The van der Waals surface area contributed by atoms with Crippen LogP contribution in [-0.2, 0) is 4.79 Å². The maximum Gasteiger partial charge on any atom is 0.227 e. The Balaban J connectivity index is 4.83. The zero-order valence-corrected chi connectivity index (χ0v) is 14.7. The summed E-state index contributed by atoms with van der Waals surface area (Å²) < 4.78 is 0. The second-order valence-electron chi connectivity index (χ2n) is 6.22. The van der Waals surface area contributed by atoms with Gasteiger partial charge in [-0.1, -0.05) is 47.5 Å². The van der Waals surface area contributed by atoms with Crippen molar-refractivity contribution in [2.45, 2.75) is 73.0 Å². The molecule has 0 aromatic rings.